The molecule has 0 saturated heterocycles. The first-order valence-electron chi connectivity index (χ1n) is 5.49. The SMILES string of the molecule is C=CC(=O)c1ccc(F)cc1Nc1ccccc1. The Morgan fingerprint density at radius 2 is 1.89 bits per heavy atom. The van der Waals surface area contributed by atoms with Gasteiger partial charge in [-0.05, 0) is 36.4 Å². The summed E-state index contributed by atoms with van der Waals surface area (Å²) in [5.41, 5.74) is 1.63. The molecule has 0 fully saturated rings. The smallest absolute Gasteiger partial charge is 0.187 e. The topological polar surface area (TPSA) is 29.1 Å². The Balaban J connectivity index is 2.39. The van der Waals surface area contributed by atoms with E-state index >= 15 is 0 Å². The van der Waals surface area contributed by atoms with Crippen molar-refractivity contribution < 1.29 is 9.18 Å². The molecule has 1 N–H and O–H groups in total. The second-order valence-electron chi connectivity index (χ2n) is 3.75. The van der Waals surface area contributed by atoms with Crippen LogP contribution in [0.1, 0.15) is 10.4 Å². The first kappa shape index (κ1) is 12.0. The fourth-order valence-electron chi connectivity index (χ4n) is 1.62. The normalized spacial score (nSPS) is 9.83. The summed E-state index contributed by atoms with van der Waals surface area (Å²) in [6, 6.07) is 13.3. The van der Waals surface area contributed by atoms with Gasteiger partial charge >= 0.3 is 0 Å². The van der Waals surface area contributed by atoms with Crippen LogP contribution >= 0.6 is 0 Å². The summed E-state index contributed by atoms with van der Waals surface area (Å²) in [5.74, 6) is -0.637. The molecule has 0 radical (unpaired) electrons. The van der Waals surface area contributed by atoms with E-state index in [0.29, 0.717) is 11.3 Å². The molecule has 3 heteroatoms. The van der Waals surface area contributed by atoms with Crippen molar-refractivity contribution in [3.63, 3.8) is 0 Å². The molecule has 0 amide bonds. The Bertz CT molecular complexity index is 578. The molecule has 0 atom stereocenters. The highest BCUT2D eigenvalue weighted by Crippen LogP contribution is 2.22. The second-order valence-corrected chi connectivity index (χ2v) is 3.75. The van der Waals surface area contributed by atoms with Gasteiger partial charge in [-0.3, -0.25) is 4.79 Å². The van der Waals surface area contributed by atoms with Crippen LogP contribution in [-0.2, 0) is 0 Å². The van der Waals surface area contributed by atoms with E-state index < -0.39 is 5.82 Å². The third kappa shape index (κ3) is 2.63. The van der Waals surface area contributed by atoms with Gasteiger partial charge in [-0.1, -0.05) is 24.8 Å². The number of carbonyl (C=O) groups is 1. The van der Waals surface area contributed by atoms with Crippen LogP contribution in [0.15, 0.2) is 61.2 Å². The van der Waals surface area contributed by atoms with Gasteiger partial charge < -0.3 is 5.32 Å². The van der Waals surface area contributed by atoms with E-state index in [1.54, 1.807) is 0 Å². The van der Waals surface area contributed by atoms with Crippen molar-refractivity contribution in [2.45, 2.75) is 0 Å². The van der Waals surface area contributed by atoms with Crippen LogP contribution in [0.3, 0.4) is 0 Å². The predicted molar refractivity (Wildman–Crippen MR) is 70.7 cm³/mol. The van der Waals surface area contributed by atoms with Crippen molar-refractivity contribution in [3.05, 3.63) is 72.6 Å². The lowest BCUT2D eigenvalue weighted by Crippen LogP contribution is -2.01. The Morgan fingerprint density at radius 3 is 2.56 bits per heavy atom. The zero-order chi connectivity index (χ0) is 13.0. The number of allylic oxidation sites excluding steroid dienone is 1. The molecule has 0 aliphatic heterocycles. The fourth-order valence-corrected chi connectivity index (χ4v) is 1.62. The predicted octanol–water partition coefficient (Wildman–Crippen LogP) is 3.94. The van der Waals surface area contributed by atoms with Crippen LogP contribution in [0.2, 0.25) is 0 Å². The molecule has 0 aliphatic carbocycles. The summed E-state index contributed by atoms with van der Waals surface area (Å²) in [6.45, 7) is 3.44. The van der Waals surface area contributed by atoms with Crippen LogP contribution in [0.4, 0.5) is 15.8 Å². The Hall–Kier alpha value is -2.42. The van der Waals surface area contributed by atoms with Crippen LogP contribution < -0.4 is 5.32 Å². The highest BCUT2D eigenvalue weighted by atomic mass is 19.1. The molecule has 0 spiro atoms. The first-order valence-corrected chi connectivity index (χ1v) is 5.49. The summed E-state index contributed by atoms with van der Waals surface area (Å²) in [6.07, 6.45) is 1.21. The lowest BCUT2D eigenvalue weighted by atomic mass is 10.1. The molecule has 90 valence electrons. The number of para-hydroxylation sites is 1. The maximum Gasteiger partial charge on any atom is 0.187 e. The van der Waals surface area contributed by atoms with Gasteiger partial charge in [-0.15, -0.1) is 0 Å². The molecule has 0 unspecified atom stereocenters. The molecule has 18 heavy (non-hydrogen) atoms. The average molecular weight is 241 g/mol. The molecule has 0 aromatic heterocycles. The highest BCUT2D eigenvalue weighted by Gasteiger charge is 2.09. The van der Waals surface area contributed by atoms with Crippen LogP contribution in [0.25, 0.3) is 0 Å². The molecular formula is C15H12FNO. The minimum absolute atomic E-state index is 0.242. The second kappa shape index (κ2) is 5.27. The summed E-state index contributed by atoms with van der Waals surface area (Å²) in [4.78, 5) is 11.7. The highest BCUT2D eigenvalue weighted by molar-refractivity contribution is 6.08. The third-order valence-electron chi connectivity index (χ3n) is 2.49. The quantitative estimate of drug-likeness (QED) is 0.649. The van der Waals surface area contributed by atoms with E-state index in [9.17, 15) is 9.18 Å². The number of benzene rings is 2. The molecule has 2 rings (SSSR count). The lowest BCUT2D eigenvalue weighted by molar-refractivity contribution is 0.104. The molecule has 2 aromatic rings. The van der Waals surface area contributed by atoms with E-state index in [0.717, 1.165) is 5.69 Å². The molecule has 2 aromatic carbocycles. The maximum absolute atomic E-state index is 13.2. The van der Waals surface area contributed by atoms with E-state index in [-0.39, 0.29) is 5.78 Å². The number of ketones is 1. The molecular weight excluding hydrogens is 229 g/mol. The van der Waals surface area contributed by atoms with Crippen molar-refractivity contribution in [3.8, 4) is 0 Å². The third-order valence-corrected chi connectivity index (χ3v) is 2.49. The minimum atomic E-state index is -0.394. The summed E-state index contributed by atoms with van der Waals surface area (Å²) >= 11 is 0. The van der Waals surface area contributed by atoms with Crippen molar-refractivity contribution in [1.82, 2.24) is 0 Å². The van der Waals surface area contributed by atoms with Crippen molar-refractivity contribution >= 4 is 17.2 Å². The van der Waals surface area contributed by atoms with Gasteiger partial charge in [0.2, 0.25) is 0 Å². The van der Waals surface area contributed by atoms with Crippen LogP contribution in [0, 0.1) is 5.82 Å². The zero-order valence-corrected chi connectivity index (χ0v) is 9.69. The maximum atomic E-state index is 13.2. The first-order chi connectivity index (χ1) is 8.70. The molecule has 0 saturated carbocycles. The number of hydrogen-bond acceptors (Lipinski definition) is 2. The number of halogens is 1. The van der Waals surface area contributed by atoms with Crippen molar-refractivity contribution in [2.75, 3.05) is 5.32 Å². The minimum Gasteiger partial charge on any atom is -0.355 e. The number of nitrogens with one attached hydrogen (secondary N) is 1. The molecule has 2 nitrogen and oxygen atoms in total. The number of carbonyl (C=O) groups excluding carboxylic acids is 1. The lowest BCUT2D eigenvalue weighted by Gasteiger charge is -2.10. The zero-order valence-electron chi connectivity index (χ0n) is 9.69. The van der Waals surface area contributed by atoms with Gasteiger partial charge in [0.15, 0.2) is 5.78 Å². The summed E-state index contributed by atoms with van der Waals surface area (Å²) in [7, 11) is 0. The van der Waals surface area contributed by atoms with Gasteiger partial charge in [0.1, 0.15) is 5.82 Å². The Labute approximate surface area is 105 Å². The standard InChI is InChI=1S/C15H12FNO/c1-2-15(18)13-9-8-11(16)10-14(13)17-12-6-4-3-5-7-12/h2-10,17H,1H2. The van der Waals surface area contributed by atoms with E-state index in [4.69, 9.17) is 0 Å². The monoisotopic (exact) mass is 241 g/mol. The average Bonchev–Trinajstić information content (AvgIpc) is 2.39. The van der Waals surface area contributed by atoms with Crippen LogP contribution in [0.5, 0.6) is 0 Å². The van der Waals surface area contributed by atoms with E-state index in [1.807, 2.05) is 30.3 Å². The van der Waals surface area contributed by atoms with E-state index in [1.165, 1.54) is 24.3 Å². The Kier molecular flexibility index (Phi) is 3.53. The number of rotatable bonds is 4. The van der Waals surface area contributed by atoms with Gasteiger partial charge in [-0.2, -0.15) is 0 Å². The van der Waals surface area contributed by atoms with Crippen molar-refractivity contribution in [1.29, 1.82) is 0 Å². The van der Waals surface area contributed by atoms with Gasteiger partial charge in [0.25, 0.3) is 0 Å². The number of hydrogen-bond donors (Lipinski definition) is 1. The van der Waals surface area contributed by atoms with Gasteiger partial charge in [-0.25, -0.2) is 4.39 Å². The largest absolute Gasteiger partial charge is 0.355 e. The molecule has 0 heterocycles. The van der Waals surface area contributed by atoms with Gasteiger partial charge in [0.05, 0.1) is 5.69 Å². The summed E-state index contributed by atoms with van der Waals surface area (Å²) in [5, 5.41) is 3.02. The van der Waals surface area contributed by atoms with Gasteiger partial charge in [0, 0.05) is 11.3 Å². The van der Waals surface area contributed by atoms with E-state index in [2.05, 4.69) is 11.9 Å². The Morgan fingerprint density at radius 1 is 1.17 bits per heavy atom. The molecule has 0 aliphatic rings. The molecule has 0 bridgehead atoms. The fraction of sp³-hybridized carbons (Fsp3) is 0. The number of anilines is 2. The van der Waals surface area contributed by atoms with Crippen molar-refractivity contribution in [2.24, 2.45) is 0 Å². The summed E-state index contributed by atoms with van der Waals surface area (Å²) < 4.78 is 13.2. The van der Waals surface area contributed by atoms with Crippen LogP contribution in [-0.4, -0.2) is 5.78 Å².